The van der Waals surface area contributed by atoms with Gasteiger partial charge in [-0.15, -0.1) is 6.58 Å². The Hall–Kier alpha value is -1.08. The molecule has 16 heavy (non-hydrogen) atoms. The number of hydrogen-bond donors (Lipinski definition) is 1. The van der Waals surface area contributed by atoms with E-state index in [0.717, 1.165) is 18.4 Å². The van der Waals surface area contributed by atoms with Gasteiger partial charge in [-0.3, -0.25) is 0 Å². The quantitative estimate of drug-likeness (QED) is 0.504. The summed E-state index contributed by atoms with van der Waals surface area (Å²) in [6.45, 7) is 13.5. The lowest BCUT2D eigenvalue weighted by molar-refractivity contribution is 0.115. The van der Waals surface area contributed by atoms with Gasteiger partial charge in [0.25, 0.3) is 0 Å². The van der Waals surface area contributed by atoms with E-state index < -0.39 is 5.60 Å². The van der Waals surface area contributed by atoms with E-state index in [4.69, 9.17) is 0 Å². The van der Waals surface area contributed by atoms with E-state index in [1.54, 1.807) is 13.0 Å². The Morgan fingerprint density at radius 1 is 1.38 bits per heavy atom. The zero-order valence-electron chi connectivity index (χ0n) is 10.8. The maximum atomic E-state index is 9.68. The van der Waals surface area contributed by atoms with Gasteiger partial charge >= 0.3 is 0 Å². The maximum Gasteiger partial charge on any atom is 0.0831 e. The third kappa shape index (κ3) is 8.25. The first-order valence-corrected chi connectivity index (χ1v) is 5.71. The summed E-state index contributed by atoms with van der Waals surface area (Å²) in [6, 6.07) is 0. The van der Waals surface area contributed by atoms with Gasteiger partial charge in [0, 0.05) is 0 Å². The molecule has 0 aromatic heterocycles. The van der Waals surface area contributed by atoms with Crippen LogP contribution in [-0.4, -0.2) is 10.7 Å². The van der Waals surface area contributed by atoms with E-state index in [9.17, 15) is 5.11 Å². The molecule has 0 bridgehead atoms. The van der Waals surface area contributed by atoms with Gasteiger partial charge in [-0.1, -0.05) is 42.0 Å². The van der Waals surface area contributed by atoms with E-state index in [-0.39, 0.29) is 0 Å². The zero-order valence-corrected chi connectivity index (χ0v) is 10.8. The van der Waals surface area contributed by atoms with E-state index in [1.807, 2.05) is 12.2 Å². The van der Waals surface area contributed by atoms with E-state index in [0.29, 0.717) is 6.42 Å². The summed E-state index contributed by atoms with van der Waals surface area (Å²) in [4.78, 5) is 0. The first-order valence-electron chi connectivity index (χ1n) is 5.71. The molecular weight excluding hydrogens is 196 g/mol. The highest BCUT2D eigenvalue weighted by Gasteiger charge is 2.11. The molecule has 90 valence electrons. The topological polar surface area (TPSA) is 20.2 Å². The smallest absolute Gasteiger partial charge is 0.0831 e. The van der Waals surface area contributed by atoms with Gasteiger partial charge in [-0.2, -0.15) is 0 Å². The summed E-state index contributed by atoms with van der Waals surface area (Å²) < 4.78 is 0. The molecule has 0 aliphatic rings. The predicted molar refractivity (Wildman–Crippen MR) is 72.4 cm³/mol. The molecule has 0 saturated carbocycles. The standard InChI is InChI=1S/C15H24O/c1-6-15(5,16)12-8-11-14(4)10-7-9-13(2)3/h6,8-9,11,16H,1,4,7,10,12H2,2-3,5H3. The monoisotopic (exact) mass is 220 g/mol. The van der Waals surface area contributed by atoms with E-state index in [1.165, 1.54) is 5.57 Å². The molecule has 0 rings (SSSR count). The van der Waals surface area contributed by atoms with Crippen LogP contribution >= 0.6 is 0 Å². The Morgan fingerprint density at radius 3 is 2.50 bits per heavy atom. The molecule has 1 nitrogen and oxygen atoms in total. The number of allylic oxidation sites excluding steroid dienone is 4. The predicted octanol–water partition coefficient (Wildman–Crippen LogP) is 4.17. The lowest BCUT2D eigenvalue weighted by atomic mass is 10.0. The van der Waals surface area contributed by atoms with Crippen LogP contribution in [0.3, 0.4) is 0 Å². The molecule has 0 aliphatic carbocycles. The first kappa shape index (κ1) is 14.9. The molecule has 0 spiro atoms. The Labute approximate surface area is 99.9 Å². The maximum absolute atomic E-state index is 9.68. The Morgan fingerprint density at radius 2 is 2.00 bits per heavy atom. The van der Waals surface area contributed by atoms with E-state index >= 15 is 0 Å². The molecule has 0 fully saturated rings. The summed E-state index contributed by atoms with van der Waals surface area (Å²) in [5.74, 6) is 0. The number of rotatable bonds is 7. The minimum absolute atomic E-state index is 0.582. The molecule has 0 aliphatic heterocycles. The molecule has 1 unspecified atom stereocenters. The van der Waals surface area contributed by atoms with Crippen molar-refractivity contribution in [2.45, 2.75) is 45.6 Å². The molecule has 0 heterocycles. The van der Waals surface area contributed by atoms with Crippen molar-refractivity contribution in [3.63, 3.8) is 0 Å². The molecule has 0 amide bonds. The SMILES string of the molecule is C=CC(C)(O)CC=CC(=C)CCC=C(C)C. The Balaban J connectivity index is 3.92. The lowest BCUT2D eigenvalue weighted by Gasteiger charge is -2.15. The fourth-order valence-corrected chi connectivity index (χ4v) is 1.18. The Bertz CT molecular complexity index is 289. The summed E-state index contributed by atoms with van der Waals surface area (Å²) in [5.41, 5.74) is 1.63. The average molecular weight is 220 g/mol. The van der Waals surface area contributed by atoms with Crippen LogP contribution in [0.2, 0.25) is 0 Å². The second kappa shape index (κ2) is 7.24. The molecule has 0 radical (unpaired) electrons. The third-order valence-electron chi connectivity index (χ3n) is 2.34. The van der Waals surface area contributed by atoms with Crippen LogP contribution in [0.5, 0.6) is 0 Å². The normalized spacial score (nSPS) is 14.5. The lowest BCUT2D eigenvalue weighted by Crippen LogP contribution is -2.18. The second-order valence-electron chi connectivity index (χ2n) is 4.65. The van der Waals surface area contributed by atoms with Crippen LogP contribution < -0.4 is 0 Å². The van der Waals surface area contributed by atoms with Gasteiger partial charge in [0.15, 0.2) is 0 Å². The van der Waals surface area contributed by atoms with Crippen molar-refractivity contribution in [1.82, 2.24) is 0 Å². The average Bonchev–Trinajstić information content (AvgIpc) is 2.17. The van der Waals surface area contributed by atoms with Gasteiger partial charge in [-0.05, 0) is 40.0 Å². The van der Waals surface area contributed by atoms with Crippen molar-refractivity contribution in [2.75, 3.05) is 0 Å². The van der Waals surface area contributed by atoms with Gasteiger partial charge in [0.1, 0.15) is 0 Å². The van der Waals surface area contributed by atoms with Crippen molar-refractivity contribution in [3.05, 3.63) is 48.6 Å². The minimum atomic E-state index is -0.809. The molecule has 0 aromatic carbocycles. The van der Waals surface area contributed by atoms with Crippen molar-refractivity contribution in [1.29, 1.82) is 0 Å². The highest BCUT2D eigenvalue weighted by atomic mass is 16.3. The first-order chi connectivity index (χ1) is 7.37. The number of hydrogen-bond acceptors (Lipinski definition) is 1. The van der Waals surface area contributed by atoms with Crippen LogP contribution in [0.15, 0.2) is 48.6 Å². The third-order valence-corrected chi connectivity index (χ3v) is 2.34. The molecule has 1 N–H and O–H groups in total. The van der Waals surface area contributed by atoms with Crippen LogP contribution in [0.4, 0.5) is 0 Å². The van der Waals surface area contributed by atoms with E-state index in [2.05, 4.69) is 33.1 Å². The molecule has 0 saturated heterocycles. The van der Waals surface area contributed by atoms with Crippen molar-refractivity contribution in [3.8, 4) is 0 Å². The largest absolute Gasteiger partial charge is 0.386 e. The minimum Gasteiger partial charge on any atom is -0.386 e. The molecule has 1 atom stereocenters. The summed E-state index contributed by atoms with van der Waals surface area (Å²) in [5, 5.41) is 9.68. The summed E-state index contributed by atoms with van der Waals surface area (Å²) >= 11 is 0. The fourth-order valence-electron chi connectivity index (χ4n) is 1.18. The van der Waals surface area contributed by atoms with Crippen molar-refractivity contribution < 1.29 is 5.11 Å². The zero-order chi connectivity index (χ0) is 12.6. The molecular formula is C15H24O. The highest BCUT2D eigenvalue weighted by Crippen LogP contribution is 2.13. The van der Waals surface area contributed by atoms with Crippen LogP contribution in [0.25, 0.3) is 0 Å². The van der Waals surface area contributed by atoms with Crippen molar-refractivity contribution in [2.24, 2.45) is 0 Å². The Kier molecular flexibility index (Phi) is 6.75. The van der Waals surface area contributed by atoms with Gasteiger partial charge in [-0.25, -0.2) is 0 Å². The van der Waals surface area contributed by atoms with Gasteiger partial charge in [0.2, 0.25) is 0 Å². The highest BCUT2D eigenvalue weighted by molar-refractivity contribution is 5.16. The van der Waals surface area contributed by atoms with Crippen molar-refractivity contribution >= 4 is 0 Å². The molecule has 1 heteroatoms. The fraction of sp³-hybridized carbons (Fsp3) is 0.467. The molecule has 0 aromatic rings. The van der Waals surface area contributed by atoms with Crippen LogP contribution in [-0.2, 0) is 0 Å². The van der Waals surface area contributed by atoms with Crippen LogP contribution in [0, 0.1) is 0 Å². The second-order valence-corrected chi connectivity index (χ2v) is 4.65. The number of aliphatic hydroxyl groups is 1. The van der Waals surface area contributed by atoms with Gasteiger partial charge < -0.3 is 5.11 Å². The van der Waals surface area contributed by atoms with Gasteiger partial charge in [0.05, 0.1) is 5.60 Å². The van der Waals surface area contributed by atoms with Crippen LogP contribution in [0.1, 0.15) is 40.0 Å². The summed E-state index contributed by atoms with van der Waals surface area (Å²) in [7, 11) is 0. The summed E-state index contributed by atoms with van der Waals surface area (Å²) in [6.07, 6.45) is 10.3.